The number of benzene rings is 1. The lowest BCUT2D eigenvalue weighted by Gasteiger charge is -2.03. The molecule has 1 rings (SSSR count). The van der Waals surface area contributed by atoms with Gasteiger partial charge in [0.15, 0.2) is 0 Å². The van der Waals surface area contributed by atoms with E-state index in [-0.39, 0.29) is 9.50 Å². The topological polar surface area (TPSA) is 26.3 Å². The summed E-state index contributed by atoms with van der Waals surface area (Å²) in [7, 11) is 0. The summed E-state index contributed by atoms with van der Waals surface area (Å²) in [4.78, 5) is 11.6. The van der Waals surface area contributed by atoms with E-state index in [9.17, 15) is 4.79 Å². The lowest BCUT2D eigenvalue weighted by Crippen LogP contribution is -2.02. The zero-order valence-electron chi connectivity index (χ0n) is 8.03. The molecule has 0 unspecified atom stereocenters. The van der Waals surface area contributed by atoms with Crippen LogP contribution in [0.3, 0.4) is 0 Å². The Morgan fingerprint density at radius 2 is 2.07 bits per heavy atom. The van der Waals surface area contributed by atoms with E-state index in [0.717, 1.165) is 11.8 Å². The highest BCUT2D eigenvalue weighted by molar-refractivity contribution is 8.32. The van der Waals surface area contributed by atoms with Gasteiger partial charge in [-0.25, -0.2) is 0 Å². The molecule has 0 N–H and O–H groups in total. The van der Waals surface area contributed by atoms with E-state index in [0.29, 0.717) is 17.2 Å². The minimum atomic E-state index is -0.134. The SMILES string of the molecule is CCOC(=S)SC(=O)c1ccc(Cl)cc1. The van der Waals surface area contributed by atoms with Gasteiger partial charge in [-0.1, -0.05) is 11.6 Å². The second-order valence-electron chi connectivity index (χ2n) is 2.58. The van der Waals surface area contributed by atoms with Gasteiger partial charge in [0.1, 0.15) is 0 Å². The summed E-state index contributed by atoms with van der Waals surface area (Å²) < 4.78 is 5.25. The molecule has 0 saturated heterocycles. The molecule has 1 aromatic carbocycles. The molecule has 0 amide bonds. The van der Waals surface area contributed by atoms with Gasteiger partial charge in [-0.3, -0.25) is 4.79 Å². The minimum absolute atomic E-state index is 0.134. The summed E-state index contributed by atoms with van der Waals surface area (Å²) in [5, 5.41) is 0.467. The molecular formula is C10H9ClO2S2. The summed E-state index contributed by atoms with van der Waals surface area (Å²) in [5.41, 5.74) is 0.562. The third-order valence-corrected chi connectivity index (χ3v) is 2.84. The first-order valence-electron chi connectivity index (χ1n) is 4.28. The number of thioether (sulfide) groups is 1. The van der Waals surface area contributed by atoms with Crippen molar-refractivity contribution >= 4 is 45.1 Å². The number of hydrogen-bond donors (Lipinski definition) is 0. The standard InChI is InChI=1S/C10H9ClO2S2/c1-2-13-10(14)15-9(12)7-3-5-8(11)6-4-7/h3-6H,2H2,1H3. The predicted molar refractivity (Wildman–Crippen MR) is 67.6 cm³/mol. The Hall–Kier alpha value is -0.580. The average molecular weight is 261 g/mol. The van der Waals surface area contributed by atoms with Crippen molar-refractivity contribution in [3.63, 3.8) is 0 Å². The van der Waals surface area contributed by atoms with E-state index < -0.39 is 0 Å². The highest BCUT2D eigenvalue weighted by atomic mass is 35.5. The molecule has 1 aromatic rings. The molecular weight excluding hydrogens is 252 g/mol. The van der Waals surface area contributed by atoms with Gasteiger partial charge in [0.2, 0.25) is 9.50 Å². The van der Waals surface area contributed by atoms with Crippen molar-refractivity contribution in [3.05, 3.63) is 34.9 Å². The second-order valence-corrected chi connectivity index (χ2v) is 4.59. The Morgan fingerprint density at radius 1 is 1.47 bits per heavy atom. The smallest absolute Gasteiger partial charge is 0.228 e. The van der Waals surface area contributed by atoms with Crippen LogP contribution >= 0.6 is 35.6 Å². The van der Waals surface area contributed by atoms with Crippen LogP contribution in [0, 0.1) is 0 Å². The number of ether oxygens (including phenoxy) is 1. The molecule has 0 spiro atoms. The number of carbonyl (C=O) groups excluding carboxylic acids is 1. The molecule has 0 aliphatic heterocycles. The maximum Gasteiger partial charge on any atom is 0.228 e. The zero-order chi connectivity index (χ0) is 11.3. The Kier molecular flexibility index (Phi) is 5.08. The molecule has 0 aliphatic rings. The van der Waals surface area contributed by atoms with Gasteiger partial charge in [-0.15, -0.1) is 0 Å². The molecule has 0 fully saturated rings. The number of thiocarbonyl (C=S) groups is 1. The summed E-state index contributed by atoms with van der Waals surface area (Å²) in [6.07, 6.45) is 0. The van der Waals surface area contributed by atoms with Crippen molar-refractivity contribution in [3.8, 4) is 0 Å². The summed E-state index contributed by atoms with van der Waals surface area (Å²) in [6.45, 7) is 2.29. The van der Waals surface area contributed by atoms with Crippen LogP contribution < -0.4 is 0 Å². The third-order valence-electron chi connectivity index (χ3n) is 1.52. The van der Waals surface area contributed by atoms with E-state index in [1.165, 1.54) is 0 Å². The molecule has 0 bridgehead atoms. The largest absolute Gasteiger partial charge is 0.479 e. The summed E-state index contributed by atoms with van der Waals surface area (Å²) in [6, 6.07) is 6.65. The molecule has 15 heavy (non-hydrogen) atoms. The maximum absolute atomic E-state index is 11.6. The van der Waals surface area contributed by atoms with E-state index in [1.807, 2.05) is 6.92 Å². The molecule has 5 heteroatoms. The van der Waals surface area contributed by atoms with Gasteiger partial charge in [-0.2, -0.15) is 0 Å². The monoisotopic (exact) mass is 260 g/mol. The highest BCUT2D eigenvalue weighted by Crippen LogP contribution is 2.17. The van der Waals surface area contributed by atoms with Crippen LogP contribution in [0.4, 0.5) is 0 Å². The number of halogens is 1. The molecule has 80 valence electrons. The Morgan fingerprint density at radius 3 is 2.60 bits per heavy atom. The zero-order valence-corrected chi connectivity index (χ0v) is 10.4. The molecule has 0 heterocycles. The molecule has 0 aliphatic carbocycles. The van der Waals surface area contributed by atoms with Crippen molar-refractivity contribution in [1.82, 2.24) is 0 Å². The second kappa shape index (κ2) is 6.10. The lowest BCUT2D eigenvalue weighted by molar-refractivity contribution is 0.109. The first-order valence-corrected chi connectivity index (χ1v) is 5.88. The number of carbonyl (C=O) groups is 1. The van der Waals surface area contributed by atoms with Crippen molar-refractivity contribution in [1.29, 1.82) is 0 Å². The van der Waals surface area contributed by atoms with Gasteiger partial charge < -0.3 is 4.74 Å². The van der Waals surface area contributed by atoms with Crippen LogP contribution in [0.2, 0.25) is 5.02 Å². The lowest BCUT2D eigenvalue weighted by atomic mass is 10.2. The van der Waals surface area contributed by atoms with E-state index in [1.54, 1.807) is 24.3 Å². The van der Waals surface area contributed by atoms with Crippen LogP contribution in [0.5, 0.6) is 0 Å². The van der Waals surface area contributed by atoms with Gasteiger partial charge in [0, 0.05) is 22.3 Å². The van der Waals surface area contributed by atoms with Gasteiger partial charge >= 0.3 is 0 Å². The molecule has 0 atom stereocenters. The van der Waals surface area contributed by atoms with E-state index >= 15 is 0 Å². The molecule has 2 nitrogen and oxygen atoms in total. The van der Waals surface area contributed by atoms with E-state index in [4.69, 9.17) is 28.6 Å². The van der Waals surface area contributed by atoms with Crippen molar-refractivity contribution in [2.45, 2.75) is 6.92 Å². The van der Waals surface area contributed by atoms with Gasteiger partial charge in [0.25, 0.3) is 0 Å². The number of rotatable bonds is 2. The van der Waals surface area contributed by atoms with Crippen molar-refractivity contribution in [2.24, 2.45) is 0 Å². The fourth-order valence-electron chi connectivity index (χ4n) is 0.868. The first kappa shape index (κ1) is 12.5. The predicted octanol–water partition coefficient (Wildman–Crippen LogP) is 3.53. The van der Waals surface area contributed by atoms with Gasteiger partial charge in [-0.05, 0) is 43.4 Å². The quantitative estimate of drug-likeness (QED) is 0.760. The van der Waals surface area contributed by atoms with E-state index in [2.05, 4.69) is 0 Å². The minimum Gasteiger partial charge on any atom is -0.479 e. The normalized spacial score (nSPS) is 9.73. The van der Waals surface area contributed by atoms with Crippen molar-refractivity contribution < 1.29 is 9.53 Å². The van der Waals surface area contributed by atoms with Crippen LogP contribution in [-0.2, 0) is 4.74 Å². The summed E-state index contributed by atoms with van der Waals surface area (Å²) >= 11 is 11.5. The molecule has 0 saturated carbocycles. The highest BCUT2D eigenvalue weighted by Gasteiger charge is 2.10. The fourth-order valence-corrected chi connectivity index (χ4v) is 1.92. The Bertz CT molecular complexity index is 362. The Balaban J connectivity index is 2.61. The summed E-state index contributed by atoms with van der Waals surface area (Å²) in [5.74, 6) is 0. The first-order chi connectivity index (χ1) is 7.13. The van der Waals surface area contributed by atoms with Crippen molar-refractivity contribution in [2.75, 3.05) is 6.61 Å². The van der Waals surface area contributed by atoms with Crippen LogP contribution in [0.15, 0.2) is 24.3 Å². The maximum atomic E-state index is 11.6. The van der Waals surface area contributed by atoms with Crippen LogP contribution in [0.25, 0.3) is 0 Å². The van der Waals surface area contributed by atoms with Gasteiger partial charge in [0.05, 0.1) is 6.61 Å². The Labute approximate surface area is 103 Å². The number of hydrogen-bond acceptors (Lipinski definition) is 4. The molecule has 0 radical (unpaired) electrons. The molecule has 0 aromatic heterocycles. The van der Waals surface area contributed by atoms with Crippen LogP contribution in [-0.4, -0.2) is 16.1 Å². The third kappa shape index (κ3) is 4.20. The fraction of sp³-hybridized carbons (Fsp3) is 0.200. The average Bonchev–Trinajstić information content (AvgIpc) is 2.18. The van der Waals surface area contributed by atoms with Crippen LogP contribution in [0.1, 0.15) is 17.3 Å².